The van der Waals surface area contributed by atoms with Crippen LogP contribution in [-0.2, 0) is 9.59 Å². The van der Waals surface area contributed by atoms with Gasteiger partial charge in [0.1, 0.15) is 16.5 Å². The third kappa shape index (κ3) is 4.48. The number of nitrogens with one attached hydrogen (secondary N) is 2. The zero-order valence-electron chi connectivity index (χ0n) is 18.2. The van der Waals surface area contributed by atoms with Gasteiger partial charge in [0.2, 0.25) is 0 Å². The second-order valence-corrected chi connectivity index (χ2v) is 8.19. The van der Waals surface area contributed by atoms with Gasteiger partial charge >= 0.3 is 0 Å². The average molecular weight is 496 g/mol. The number of amides is 3. The SMILES string of the molecule is COc1ccc(NC(=O)c2cccc(NC3=C(Cl)C(=O)N(c4cccc(Cl)c4C)C3=O)c2)cc1. The molecule has 0 radical (unpaired) electrons. The highest BCUT2D eigenvalue weighted by Crippen LogP contribution is 2.34. The van der Waals surface area contributed by atoms with Crippen molar-refractivity contribution in [1.29, 1.82) is 0 Å². The molecule has 4 rings (SSSR count). The maximum Gasteiger partial charge on any atom is 0.283 e. The van der Waals surface area contributed by atoms with Crippen molar-refractivity contribution in [2.24, 2.45) is 0 Å². The molecule has 0 saturated heterocycles. The van der Waals surface area contributed by atoms with Crippen LogP contribution in [0.2, 0.25) is 5.02 Å². The lowest BCUT2D eigenvalue weighted by Crippen LogP contribution is -2.32. The molecule has 0 saturated carbocycles. The first kappa shape index (κ1) is 23.4. The Morgan fingerprint density at radius 2 is 1.62 bits per heavy atom. The molecule has 3 aromatic carbocycles. The van der Waals surface area contributed by atoms with Crippen LogP contribution >= 0.6 is 23.2 Å². The molecule has 1 aliphatic heterocycles. The number of hydrogen-bond acceptors (Lipinski definition) is 5. The number of nitrogens with zero attached hydrogens (tertiary/aromatic N) is 1. The molecular weight excluding hydrogens is 477 g/mol. The second kappa shape index (κ2) is 9.59. The predicted molar refractivity (Wildman–Crippen MR) is 133 cm³/mol. The monoisotopic (exact) mass is 495 g/mol. The molecule has 3 aromatic rings. The molecule has 2 N–H and O–H groups in total. The molecule has 0 aromatic heterocycles. The van der Waals surface area contributed by atoms with Crippen molar-refractivity contribution in [3.63, 3.8) is 0 Å². The third-order valence-corrected chi connectivity index (χ3v) is 6.01. The summed E-state index contributed by atoms with van der Waals surface area (Å²) in [7, 11) is 1.56. The van der Waals surface area contributed by atoms with Crippen molar-refractivity contribution in [2.45, 2.75) is 6.92 Å². The Morgan fingerprint density at radius 3 is 2.32 bits per heavy atom. The zero-order valence-corrected chi connectivity index (χ0v) is 19.7. The number of imide groups is 1. The Bertz CT molecular complexity index is 1340. The van der Waals surface area contributed by atoms with E-state index in [1.807, 2.05) is 0 Å². The summed E-state index contributed by atoms with van der Waals surface area (Å²) in [5.74, 6) is -0.951. The number of methoxy groups -OCH3 is 1. The van der Waals surface area contributed by atoms with Crippen molar-refractivity contribution >= 4 is 58.0 Å². The predicted octanol–water partition coefficient (Wildman–Crippen LogP) is 5.35. The van der Waals surface area contributed by atoms with Crippen molar-refractivity contribution in [2.75, 3.05) is 22.6 Å². The van der Waals surface area contributed by atoms with Gasteiger partial charge in [-0.2, -0.15) is 0 Å². The van der Waals surface area contributed by atoms with Gasteiger partial charge in [-0.1, -0.05) is 35.3 Å². The molecule has 0 unspecified atom stereocenters. The summed E-state index contributed by atoms with van der Waals surface area (Å²) in [5.41, 5.74) is 2.20. The number of anilines is 3. The Hall–Kier alpha value is -3.81. The van der Waals surface area contributed by atoms with Gasteiger partial charge in [-0.25, -0.2) is 4.90 Å². The molecule has 1 heterocycles. The Kier molecular flexibility index (Phi) is 6.58. The van der Waals surface area contributed by atoms with Crippen LogP contribution in [0.4, 0.5) is 17.1 Å². The molecule has 0 aliphatic carbocycles. The fraction of sp³-hybridized carbons (Fsp3) is 0.0800. The number of carbonyl (C=O) groups is 3. The van der Waals surface area contributed by atoms with E-state index in [4.69, 9.17) is 27.9 Å². The molecule has 3 amide bonds. The molecule has 172 valence electrons. The largest absolute Gasteiger partial charge is 0.497 e. The van der Waals surface area contributed by atoms with Crippen LogP contribution in [0.25, 0.3) is 0 Å². The Balaban J connectivity index is 1.54. The van der Waals surface area contributed by atoms with Crippen LogP contribution in [0.3, 0.4) is 0 Å². The van der Waals surface area contributed by atoms with Crippen molar-refractivity contribution in [3.8, 4) is 5.75 Å². The van der Waals surface area contributed by atoms with Gasteiger partial charge < -0.3 is 15.4 Å². The highest BCUT2D eigenvalue weighted by molar-refractivity contribution is 6.53. The number of ether oxygens (including phenoxy) is 1. The number of carbonyl (C=O) groups excluding carboxylic acids is 3. The number of benzene rings is 3. The minimum absolute atomic E-state index is 0.0845. The maximum atomic E-state index is 13.1. The average Bonchev–Trinajstić information content (AvgIpc) is 3.04. The van der Waals surface area contributed by atoms with Crippen LogP contribution in [0.15, 0.2) is 77.5 Å². The van der Waals surface area contributed by atoms with E-state index in [0.29, 0.717) is 39.0 Å². The van der Waals surface area contributed by atoms with Gasteiger partial charge in [0.25, 0.3) is 17.7 Å². The number of halogens is 2. The standard InChI is InChI=1S/C25H19Cl2N3O4/c1-14-19(26)7-4-8-20(14)30-24(32)21(27)22(25(30)33)28-17-6-3-5-15(13-17)23(31)29-16-9-11-18(34-2)12-10-16/h3-13,28H,1-2H3,(H,29,31). The number of hydrogen-bond donors (Lipinski definition) is 2. The van der Waals surface area contributed by atoms with E-state index in [-0.39, 0.29) is 16.6 Å². The minimum Gasteiger partial charge on any atom is -0.497 e. The van der Waals surface area contributed by atoms with E-state index in [1.54, 1.807) is 80.8 Å². The van der Waals surface area contributed by atoms with Crippen molar-refractivity contribution in [3.05, 3.63) is 93.6 Å². The number of rotatable bonds is 6. The van der Waals surface area contributed by atoms with Gasteiger partial charge in [-0.05, 0) is 67.1 Å². The topological polar surface area (TPSA) is 87.7 Å². The summed E-state index contributed by atoms with van der Waals surface area (Å²) in [6.45, 7) is 1.71. The van der Waals surface area contributed by atoms with Crippen molar-refractivity contribution < 1.29 is 19.1 Å². The molecule has 0 spiro atoms. The summed E-state index contributed by atoms with van der Waals surface area (Å²) in [4.78, 5) is 39.5. The summed E-state index contributed by atoms with van der Waals surface area (Å²) < 4.78 is 5.11. The van der Waals surface area contributed by atoms with Crippen LogP contribution in [0, 0.1) is 6.92 Å². The first-order valence-corrected chi connectivity index (χ1v) is 10.9. The summed E-state index contributed by atoms with van der Waals surface area (Å²) in [5, 5.41) is 5.85. The van der Waals surface area contributed by atoms with Gasteiger partial charge in [0.15, 0.2) is 0 Å². The van der Waals surface area contributed by atoms with Crippen molar-refractivity contribution in [1.82, 2.24) is 0 Å². The van der Waals surface area contributed by atoms with E-state index in [1.165, 1.54) is 0 Å². The van der Waals surface area contributed by atoms with E-state index >= 15 is 0 Å². The van der Waals surface area contributed by atoms with Gasteiger partial charge in [0, 0.05) is 22.0 Å². The highest BCUT2D eigenvalue weighted by Gasteiger charge is 2.39. The van der Waals surface area contributed by atoms with E-state index in [9.17, 15) is 14.4 Å². The minimum atomic E-state index is -0.659. The highest BCUT2D eigenvalue weighted by atomic mass is 35.5. The lowest BCUT2D eigenvalue weighted by molar-refractivity contribution is -0.120. The molecule has 0 fully saturated rings. The molecule has 1 aliphatic rings. The summed E-state index contributed by atoms with van der Waals surface area (Å²) in [6.07, 6.45) is 0. The van der Waals surface area contributed by atoms with E-state index in [2.05, 4.69) is 10.6 Å². The molecule has 0 bridgehead atoms. The molecule has 9 heteroatoms. The van der Waals surface area contributed by atoms with Gasteiger partial charge in [-0.3, -0.25) is 14.4 Å². The second-order valence-electron chi connectivity index (χ2n) is 7.41. The quantitative estimate of drug-likeness (QED) is 0.450. The third-order valence-electron chi connectivity index (χ3n) is 5.25. The molecule has 0 atom stereocenters. The van der Waals surface area contributed by atoms with Crippen LogP contribution < -0.4 is 20.3 Å². The fourth-order valence-electron chi connectivity index (χ4n) is 3.43. The summed E-state index contributed by atoms with van der Waals surface area (Å²) in [6, 6.07) is 18.3. The van der Waals surface area contributed by atoms with Gasteiger partial charge in [0.05, 0.1) is 12.8 Å². The van der Waals surface area contributed by atoms with Crippen LogP contribution in [-0.4, -0.2) is 24.8 Å². The Labute approximate surface area is 205 Å². The van der Waals surface area contributed by atoms with Crippen LogP contribution in [0.5, 0.6) is 5.75 Å². The first-order chi connectivity index (χ1) is 16.3. The zero-order chi connectivity index (χ0) is 24.4. The Morgan fingerprint density at radius 1 is 0.912 bits per heavy atom. The van der Waals surface area contributed by atoms with Crippen LogP contribution in [0.1, 0.15) is 15.9 Å². The maximum absolute atomic E-state index is 13.1. The smallest absolute Gasteiger partial charge is 0.283 e. The molecule has 34 heavy (non-hydrogen) atoms. The summed E-state index contributed by atoms with van der Waals surface area (Å²) >= 11 is 12.4. The lowest BCUT2D eigenvalue weighted by atomic mass is 10.1. The fourth-order valence-corrected chi connectivity index (χ4v) is 3.81. The van der Waals surface area contributed by atoms with E-state index < -0.39 is 11.8 Å². The van der Waals surface area contributed by atoms with Gasteiger partial charge in [-0.15, -0.1) is 0 Å². The molecular formula is C25H19Cl2N3O4. The lowest BCUT2D eigenvalue weighted by Gasteiger charge is -2.18. The molecule has 7 nitrogen and oxygen atoms in total. The van der Waals surface area contributed by atoms with E-state index in [0.717, 1.165) is 4.90 Å². The first-order valence-electron chi connectivity index (χ1n) is 10.2. The normalized spacial score (nSPS) is 13.4.